The predicted molar refractivity (Wildman–Crippen MR) is 217 cm³/mol. The monoisotopic (exact) mass is 674 g/mol. The van der Waals surface area contributed by atoms with Gasteiger partial charge in [0.05, 0.1) is 5.69 Å². The van der Waals surface area contributed by atoms with Gasteiger partial charge < -0.3 is 19.3 Å². The van der Waals surface area contributed by atoms with Gasteiger partial charge in [-0.3, -0.25) is 0 Å². The minimum atomic E-state index is -0.00789. The van der Waals surface area contributed by atoms with E-state index in [2.05, 4.69) is 172 Å². The second-order valence-electron chi connectivity index (χ2n) is 18.1. The highest BCUT2D eigenvalue weighted by Crippen LogP contribution is 2.49. The van der Waals surface area contributed by atoms with E-state index < -0.39 is 0 Å². The molecule has 4 nitrogen and oxygen atoms in total. The molecule has 0 bridgehead atoms. The average Bonchev–Trinajstić information content (AvgIpc) is 3.50. The van der Waals surface area contributed by atoms with Crippen LogP contribution in [0.25, 0.3) is 0 Å². The van der Waals surface area contributed by atoms with Crippen molar-refractivity contribution >= 4 is 57.2 Å². The average molecular weight is 675 g/mol. The van der Waals surface area contributed by atoms with E-state index in [1.165, 1.54) is 78.2 Å². The van der Waals surface area contributed by atoms with E-state index in [1.54, 1.807) is 0 Å². The number of rotatable bonds is 2. The molecule has 5 aromatic carbocycles. The lowest BCUT2D eigenvalue weighted by molar-refractivity contribution is 0.174. The van der Waals surface area contributed by atoms with Gasteiger partial charge in [-0.2, -0.15) is 0 Å². The highest BCUT2D eigenvalue weighted by atomic mass is 16.7. The number of benzene rings is 5. The molecule has 3 aliphatic heterocycles. The summed E-state index contributed by atoms with van der Waals surface area (Å²) in [5.74, 6) is 1.62. The topological polar surface area (TPSA) is 24.9 Å². The Bertz CT molecular complexity index is 2210. The summed E-state index contributed by atoms with van der Waals surface area (Å²) in [5.41, 5.74) is 19.0. The van der Waals surface area contributed by atoms with Crippen molar-refractivity contribution in [3.8, 4) is 11.5 Å². The van der Waals surface area contributed by atoms with Gasteiger partial charge in [0.25, 0.3) is 6.71 Å². The quantitative estimate of drug-likeness (QED) is 0.171. The van der Waals surface area contributed by atoms with Gasteiger partial charge in [0.2, 0.25) is 6.79 Å². The van der Waals surface area contributed by atoms with Crippen molar-refractivity contribution in [3.63, 3.8) is 0 Å². The predicted octanol–water partition coefficient (Wildman–Crippen LogP) is 10.3. The molecule has 5 aromatic rings. The maximum absolute atomic E-state index is 6.10. The van der Waals surface area contributed by atoms with Crippen molar-refractivity contribution in [3.05, 3.63) is 112 Å². The highest BCUT2D eigenvalue weighted by Gasteiger charge is 2.45. The lowest BCUT2D eigenvalue weighted by atomic mass is 9.33. The minimum Gasteiger partial charge on any atom is -0.454 e. The van der Waals surface area contributed by atoms with E-state index in [-0.39, 0.29) is 29.8 Å². The summed E-state index contributed by atoms with van der Waals surface area (Å²) >= 11 is 0. The van der Waals surface area contributed by atoms with Crippen molar-refractivity contribution in [2.45, 2.75) is 99.3 Å². The summed E-state index contributed by atoms with van der Waals surface area (Å²) in [6.07, 6.45) is 0. The van der Waals surface area contributed by atoms with Crippen LogP contribution in [0.15, 0.2) is 78.9 Å². The van der Waals surface area contributed by atoms with E-state index in [0.717, 1.165) is 17.2 Å². The SMILES string of the molecule is Cc1cc2c3c(c1)N(c1c(C)cc(C(C)(C)C)cc1C)c1cc4c(cc1B3c1cc(C(C)(C)C)ccc1N2c1ccc(C(C)(C)C)cc1)OCO4. The Hall–Kier alpha value is -4.64. The van der Waals surface area contributed by atoms with Crippen LogP contribution in [0.5, 0.6) is 11.5 Å². The van der Waals surface area contributed by atoms with Gasteiger partial charge in [0, 0.05) is 34.5 Å². The zero-order valence-electron chi connectivity index (χ0n) is 32.5. The number of hydrogen-bond donors (Lipinski definition) is 0. The molecule has 0 saturated heterocycles. The summed E-state index contributed by atoms with van der Waals surface area (Å²) < 4.78 is 12.2. The Labute approximate surface area is 305 Å². The normalized spacial score (nSPS) is 14.8. The summed E-state index contributed by atoms with van der Waals surface area (Å²) in [4.78, 5) is 5.03. The van der Waals surface area contributed by atoms with Crippen LogP contribution in [0.3, 0.4) is 0 Å². The molecular weight excluding hydrogens is 623 g/mol. The van der Waals surface area contributed by atoms with Gasteiger partial charge in [-0.25, -0.2) is 0 Å². The fourth-order valence-electron chi connectivity index (χ4n) is 8.36. The summed E-state index contributed by atoms with van der Waals surface area (Å²) in [6.45, 7) is 27.7. The third kappa shape index (κ3) is 5.34. The van der Waals surface area contributed by atoms with Gasteiger partial charge in [-0.15, -0.1) is 0 Å². The zero-order chi connectivity index (χ0) is 36.4. The van der Waals surface area contributed by atoms with Crippen molar-refractivity contribution < 1.29 is 9.47 Å². The molecule has 0 unspecified atom stereocenters. The molecule has 0 aliphatic carbocycles. The molecule has 0 saturated carbocycles. The van der Waals surface area contributed by atoms with E-state index in [9.17, 15) is 0 Å². The van der Waals surface area contributed by atoms with Gasteiger partial charge >= 0.3 is 0 Å². The molecule has 3 heterocycles. The largest absolute Gasteiger partial charge is 0.454 e. The molecular formula is C46H51BN2O2. The number of fused-ring (bicyclic) bond motifs is 5. The molecule has 0 aromatic heterocycles. The van der Waals surface area contributed by atoms with Crippen LogP contribution < -0.4 is 35.7 Å². The maximum atomic E-state index is 6.10. The molecule has 0 radical (unpaired) electrons. The number of nitrogens with zero attached hydrogens (tertiary/aromatic N) is 2. The Morgan fingerprint density at radius 2 is 1.04 bits per heavy atom. The number of hydrogen-bond acceptors (Lipinski definition) is 4. The molecule has 5 heteroatoms. The second kappa shape index (κ2) is 11.2. The maximum Gasteiger partial charge on any atom is 0.252 e. The first-order valence-corrected chi connectivity index (χ1v) is 18.5. The van der Waals surface area contributed by atoms with Gasteiger partial charge in [-0.1, -0.05) is 98.7 Å². The van der Waals surface area contributed by atoms with E-state index in [0.29, 0.717) is 0 Å². The van der Waals surface area contributed by atoms with Gasteiger partial charge in [0.15, 0.2) is 11.5 Å². The molecule has 51 heavy (non-hydrogen) atoms. The highest BCUT2D eigenvalue weighted by molar-refractivity contribution is 7.00. The van der Waals surface area contributed by atoms with Crippen molar-refractivity contribution in [1.29, 1.82) is 0 Å². The minimum absolute atomic E-state index is 0.00760. The van der Waals surface area contributed by atoms with Crippen LogP contribution in [0.4, 0.5) is 34.1 Å². The zero-order valence-corrected chi connectivity index (χ0v) is 32.5. The molecule has 0 spiro atoms. The first kappa shape index (κ1) is 33.5. The molecule has 260 valence electrons. The third-order valence-corrected chi connectivity index (χ3v) is 11.1. The lowest BCUT2D eigenvalue weighted by Crippen LogP contribution is -2.61. The molecule has 0 fully saturated rings. The summed E-state index contributed by atoms with van der Waals surface area (Å²) in [7, 11) is 0. The Morgan fingerprint density at radius 3 is 1.63 bits per heavy atom. The van der Waals surface area contributed by atoms with Crippen molar-refractivity contribution in [2.75, 3.05) is 16.6 Å². The Balaban J connectivity index is 1.47. The molecule has 0 amide bonds. The van der Waals surface area contributed by atoms with Crippen LogP contribution in [0, 0.1) is 20.8 Å². The lowest BCUT2D eigenvalue weighted by Gasteiger charge is -2.45. The summed E-state index contributed by atoms with van der Waals surface area (Å²) in [6, 6.07) is 30.4. The standard InChI is InChI=1S/C46H51BN2O2/c1-27-19-38-42-39(20-27)49(43-28(2)21-32(22-29(43)3)46(10,11)12)37-25-41-40(50-26-51-41)24-35(37)47(42)34-23-31(45(7,8)9)15-18-36(34)48(38)33-16-13-30(14-17-33)44(4,5)6/h13-25H,26H2,1-12H3. The first-order valence-electron chi connectivity index (χ1n) is 18.5. The number of anilines is 6. The second-order valence-corrected chi connectivity index (χ2v) is 18.1. The summed E-state index contributed by atoms with van der Waals surface area (Å²) in [5, 5.41) is 0. The number of aryl methyl sites for hydroxylation is 3. The smallest absolute Gasteiger partial charge is 0.252 e. The molecule has 8 rings (SSSR count). The van der Waals surface area contributed by atoms with Crippen molar-refractivity contribution in [2.24, 2.45) is 0 Å². The van der Waals surface area contributed by atoms with Crippen LogP contribution >= 0.6 is 0 Å². The van der Waals surface area contributed by atoms with Gasteiger partial charge in [-0.05, 0) is 123 Å². The third-order valence-electron chi connectivity index (χ3n) is 11.1. The first-order chi connectivity index (χ1) is 23.9. The molecule has 3 aliphatic rings. The van der Waals surface area contributed by atoms with E-state index in [1.807, 2.05) is 0 Å². The van der Waals surface area contributed by atoms with Crippen LogP contribution in [0.2, 0.25) is 0 Å². The van der Waals surface area contributed by atoms with E-state index in [4.69, 9.17) is 9.47 Å². The van der Waals surface area contributed by atoms with Gasteiger partial charge in [0.1, 0.15) is 0 Å². The Morgan fingerprint density at radius 1 is 0.510 bits per heavy atom. The van der Waals surface area contributed by atoms with Crippen LogP contribution in [-0.4, -0.2) is 13.5 Å². The van der Waals surface area contributed by atoms with Crippen molar-refractivity contribution in [1.82, 2.24) is 0 Å². The fraction of sp³-hybridized carbons (Fsp3) is 0.348. The fourth-order valence-corrected chi connectivity index (χ4v) is 8.36. The van der Waals surface area contributed by atoms with Crippen LogP contribution in [-0.2, 0) is 16.2 Å². The Kier molecular flexibility index (Phi) is 7.35. The molecule has 0 N–H and O–H groups in total. The van der Waals surface area contributed by atoms with E-state index >= 15 is 0 Å². The molecule has 0 atom stereocenters. The number of ether oxygens (including phenoxy) is 2. The van der Waals surface area contributed by atoms with Crippen LogP contribution in [0.1, 0.15) is 95.7 Å².